The Hall–Kier alpha value is -1.32. The average molecular weight is 565 g/mol. The number of carbonyl (C=O) groups excluding carboxylic acids is 1. The first-order chi connectivity index (χ1) is 19.6. The van der Waals surface area contributed by atoms with Crippen LogP contribution in [0.1, 0.15) is 200 Å². The molecule has 0 amide bonds. The Labute approximate surface area is 249 Å². The van der Waals surface area contributed by atoms with Crippen molar-refractivity contribution in [3.8, 4) is 0 Å². The minimum Gasteiger partial charge on any atom is -0.481 e. The van der Waals surface area contributed by atoms with Crippen LogP contribution in [-0.4, -0.2) is 23.1 Å². The van der Waals surface area contributed by atoms with E-state index < -0.39 is 5.97 Å². The van der Waals surface area contributed by atoms with Crippen LogP contribution in [0.3, 0.4) is 0 Å². The monoisotopic (exact) mass is 565 g/mol. The van der Waals surface area contributed by atoms with Gasteiger partial charge in [-0.2, -0.15) is 0 Å². The lowest BCUT2D eigenvalue weighted by Crippen LogP contribution is -2.18. The van der Waals surface area contributed by atoms with E-state index in [1.165, 1.54) is 128 Å². The third kappa shape index (κ3) is 31.2. The number of rotatable bonds is 32. The molecule has 1 N–H and O–H groups in total. The molecule has 4 nitrogen and oxygen atoms in total. The van der Waals surface area contributed by atoms with Crippen LogP contribution in [0.5, 0.6) is 0 Å². The Morgan fingerprint density at radius 2 is 0.900 bits per heavy atom. The van der Waals surface area contributed by atoms with Gasteiger partial charge in [-0.15, -0.1) is 0 Å². The van der Waals surface area contributed by atoms with Gasteiger partial charge in [0.15, 0.2) is 0 Å². The topological polar surface area (TPSA) is 63.6 Å². The van der Waals surface area contributed by atoms with Crippen LogP contribution in [0, 0.1) is 0 Å². The summed E-state index contributed by atoms with van der Waals surface area (Å²) in [5, 5.41) is 8.90. The van der Waals surface area contributed by atoms with Crippen molar-refractivity contribution in [3.63, 3.8) is 0 Å². The van der Waals surface area contributed by atoms with Gasteiger partial charge in [-0.3, -0.25) is 9.59 Å². The molecule has 0 aromatic carbocycles. The highest BCUT2D eigenvalue weighted by Crippen LogP contribution is 2.18. The number of hydrogen-bond acceptors (Lipinski definition) is 3. The van der Waals surface area contributed by atoms with Gasteiger partial charge in [0, 0.05) is 12.8 Å². The Bertz CT molecular complexity index is 571. The van der Waals surface area contributed by atoms with E-state index in [1.807, 2.05) is 0 Å². The van der Waals surface area contributed by atoms with Crippen LogP contribution in [0.15, 0.2) is 12.2 Å². The van der Waals surface area contributed by atoms with Crippen molar-refractivity contribution in [1.82, 2.24) is 0 Å². The van der Waals surface area contributed by atoms with Gasteiger partial charge in [0.2, 0.25) is 0 Å². The van der Waals surface area contributed by atoms with Crippen LogP contribution >= 0.6 is 0 Å². The maximum Gasteiger partial charge on any atom is 0.306 e. The van der Waals surface area contributed by atoms with Gasteiger partial charge in [0.05, 0.1) is 0 Å². The molecule has 0 aliphatic rings. The number of esters is 1. The SMILES string of the molecule is CCCCCCCC/C=C\CCCCCCCC(=O)OC(CCCCCCCCCCCC)CCCCC(=O)O. The van der Waals surface area contributed by atoms with Crippen LogP contribution < -0.4 is 0 Å². The molecule has 0 rings (SSSR count). The molecule has 4 heteroatoms. The highest BCUT2D eigenvalue weighted by Gasteiger charge is 2.14. The molecule has 236 valence electrons. The van der Waals surface area contributed by atoms with Crippen LogP contribution in [0.2, 0.25) is 0 Å². The molecule has 0 spiro atoms. The summed E-state index contributed by atoms with van der Waals surface area (Å²) in [6.45, 7) is 4.53. The molecule has 0 radical (unpaired) electrons. The molecule has 0 saturated heterocycles. The number of aliphatic carboxylic acids is 1. The van der Waals surface area contributed by atoms with E-state index in [4.69, 9.17) is 9.84 Å². The molecule has 1 atom stereocenters. The van der Waals surface area contributed by atoms with E-state index in [-0.39, 0.29) is 18.5 Å². The average Bonchev–Trinajstić information content (AvgIpc) is 2.93. The van der Waals surface area contributed by atoms with E-state index in [2.05, 4.69) is 26.0 Å². The number of ether oxygens (including phenoxy) is 1. The molecule has 0 heterocycles. The summed E-state index contributed by atoms with van der Waals surface area (Å²) in [6.07, 6.45) is 37.9. The van der Waals surface area contributed by atoms with Crippen molar-refractivity contribution in [2.75, 3.05) is 0 Å². The lowest BCUT2D eigenvalue weighted by Gasteiger charge is -2.18. The summed E-state index contributed by atoms with van der Waals surface area (Å²) in [6, 6.07) is 0. The number of unbranched alkanes of at least 4 members (excludes halogenated alkanes) is 21. The second-order valence-electron chi connectivity index (χ2n) is 12.1. The predicted molar refractivity (Wildman–Crippen MR) is 172 cm³/mol. The molecule has 0 fully saturated rings. The Kier molecular flexibility index (Phi) is 31.1. The summed E-state index contributed by atoms with van der Waals surface area (Å²) in [7, 11) is 0. The zero-order valence-electron chi connectivity index (χ0n) is 26.9. The number of carboxylic acid groups (broad SMARTS) is 1. The molecule has 0 saturated carbocycles. The highest BCUT2D eigenvalue weighted by molar-refractivity contribution is 5.69. The Balaban J connectivity index is 3.89. The predicted octanol–water partition coefficient (Wildman–Crippen LogP) is 11.9. The van der Waals surface area contributed by atoms with Crippen molar-refractivity contribution in [2.24, 2.45) is 0 Å². The maximum atomic E-state index is 12.5. The first kappa shape index (κ1) is 38.7. The zero-order chi connectivity index (χ0) is 29.4. The van der Waals surface area contributed by atoms with Crippen LogP contribution in [0.4, 0.5) is 0 Å². The third-order valence-electron chi connectivity index (χ3n) is 7.99. The molecular formula is C36H68O4. The molecule has 40 heavy (non-hydrogen) atoms. The number of carbonyl (C=O) groups is 2. The van der Waals surface area contributed by atoms with Gasteiger partial charge in [0.25, 0.3) is 0 Å². The summed E-state index contributed by atoms with van der Waals surface area (Å²) >= 11 is 0. The smallest absolute Gasteiger partial charge is 0.306 e. The zero-order valence-corrected chi connectivity index (χ0v) is 26.9. The number of hydrogen-bond donors (Lipinski definition) is 1. The lowest BCUT2D eigenvalue weighted by molar-refractivity contribution is -0.150. The van der Waals surface area contributed by atoms with Crippen LogP contribution in [-0.2, 0) is 14.3 Å². The van der Waals surface area contributed by atoms with E-state index in [0.29, 0.717) is 12.8 Å². The minimum absolute atomic E-state index is 0.0431. The number of allylic oxidation sites excluding steroid dienone is 2. The van der Waals surface area contributed by atoms with Crippen molar-refractivity contribution < 1.29 is 19.4 Å². The molecule has 0 aromatic heterocycles. The first-order valence-electron chi connectivity index (χ1n) is 17.7. The fourth-order valence-electron chi connectivity index (χ4n) is 5.35. The van der Waals surface area contributed by atoms with E-state index in [0.717, 1.165) is 38.5 Å². The molecule has 0 aliphatic carbocycles. The second-order valence-corrected chi connectivity index (χ2v) is 12.1. The maximum absolute atomic E-state index is 12.5. The van der Waals surface area contributed by atoms with Crippen molar-refractivity contribution >= 4 is 11.9 Å². The van der Waals surface area contributed by atoms with Gasteiger partial charge in [-0.1, -0.05) is 135 Å². The molecule has 0 bridgehead atoms. The van der Waals surface area contributed by atoms with Crippen molar-refractivity contribution in [3.05, 3.63) is 12.2 Å². The molecule has 0 aromatic rings. The van der Waals surface area contributed by atoms with Gasteiger partial charge in [-0.25, -0.2) is 0 Å². The molecule has 0 aliphatic heterocycles. The minimum atomic E-state index is -0.743. The molecule has 1 unspecified atom stereocenters. The quantitative estimate of drug-likeness (QED) is 0.0501. The van der Waals surface area contributed by atoms with E-state index in [1.54, 1.807) is 0 Å². The second kappa shape index (κ2) is 32.2. The summed E-state index contributed by atoms with van der Waals surface area (Å²) in [4.78, 5) is 23.3. The van der Waals surface area contributed by atoms with Gasteiger partial charge >= 0.3 is 11.9 Å². The Morgan fingerprint density at radius 3 is 1.38 bits per heavy atom. The van der Waals surface area contributed by atoms with Crippen LogP contribution in [0.25, 0.3) is 0 Å². The summed E-state index contributed by atoms with van der Waals surface area (Å²) < 4.78 is 5.86. The fraction of sp³-hybridized carbons (Fsp3) is 0.889. The first-order valence-corrected chi connectivity index (χ1v) is 17.7. The third-order valence-corrected chi connectivity index (χ3v) is 7.99. The van der Waals surface area contributed by atoms with E-state index >= 15 is 0 Å². The lowest BCUT2D eigenvalue weighted by atomic mass is 10.0. The van der Waals surface area contributed by atoms with Crippen molar-refractivity contribution in [2.45, 2.75) is 206 Å². The van der Waals surface area contributed by atoms with Gasteiger partial charge in [0.1, 0.15) is 6.10 Å². The van der Waals surface area contributed by atoms with Gasteiger partial charge < -0.3 is 9.84 Å². The molecular weight excluding hydrogens is 496 g/mol. The standard InChI is InChI=1S/C36H68O4/c1-3-5-7-9-11-13-15-16-17-18-19-21-23-25-27-33-36(39)40-34(31-28-29-32-35(37)38)30-26-24-22-20-14-12-10-8-6-4-2/h16-17,34H,3-15,18-33H2,1-2H3,(H,37,38)/b17-16-. The highest BCUT2D eigenvalue weighted by atomic mass is 16.5. The fourth-order valence-corrected chi connectivity index (χ4v) is 5.35. The van der Waals surface area contributed by atoms with Gasteiger partial charge in [-0.05, 0) is 64.2 Å². The summed E-state index contributed by atoms with van der Waals surface area (Å²) in [5.74, 6) is -0.805. The van der Waals surface area contributed by atoms with E-state index in [9.17, 15) is 9.59 Å². The normalized spacial score (nSPS) is 12.2. The largest absolute Gasteiger partial charge is 0.481 e. The number of carboxylic acids is 1. The van der Waals surface area contributed by atoms with Crippen molar-refractivity contribution in [1.29, 1.82) is 0 Å². The Morgan fingerprint density at radius 1 is 0.525 bits per heavy atom. The summed E-state index contributed by atoms with van der Waals surface area (Å²) in [5.41, 5.74) is 0.